The molecule has 2 amide bonds. The van der Waals surface area contributed by atoms with Crippen LogP contribution in [0.2, 0.25) is 0 Å². The fourth-order valence-corrected chi connectivity index (χ4v) is 3.46. The van der Waals surface area contributed by atoms with Crippen LogP contribution in [0.1, 0.15) is 34.3 Å². The summed E-state index contributed by atoms with van der Waals surface area (Å²) in [5, 5.41) is 0. The SMILES string of the molecule is CCc1ccc(C(=O)N(CCOC)CC(=O)N(Cc2ccco2)Cc2cccn2C)cc1. The molecule has 1 aromatic carbocycles. The lowest BCUT2D eigenvalue weighted by molar-refractivity contribution is -0.133. The lowest BCUT2D eigenvalue weighted by atomic mass is 10.1. The summed E-state index contributed by atoms with van der Waals surface area (Å²) >= 11 is 0. The van der Waals surface area contributed by atoms with Crippen LogP contribution in [0, 0.1) is 0 Å². The molecule has 32 heavy (non-hydrogen) atoms. The molecule has 0 aliphatic heterocycles. The highest BCUT2D eigenvalue weighted by Crippen LogP contribution is 2.14. The van der Waals surface area contributed by atoms with Crippen LogP contribution in [0.4, 0.5) is 0 Å². The number of rotatable bonds is 11. The summed E-state index contributed by atoms with van der Waals surface area (Å²) < 4.78 is 12.6. The van der Waals surface area contributed by atoms with Crippen molar-refractivity contribution in [2.75, 3.05) is 26.8 Å². The van der Waals surface area contributed by atoms with E-state index in [1.165, 1.54) is 0 Å². The molecule has 2 heterocycles. The van der Waals surface area contributed by atoms with Crippen LogP contribution >= 0.6 is 0 Å². The van der Waals surface area contributed by atoms with Gasteiger partial charge in [0, 0.05) is 38.2 Å². The second-order valence-corrected chi connectivity index (χ2v) is 7.71. The predicted molar refractivity (Wildman–Crippen MR) is 122 cm³/mol. The second kappa shape index (κ2) is 11.3. The Bertz CT molecular complexity index is 993. The number of carbonyl (C=O) groups is 2. The largest absolute Gasteiger partial charge is 0.467 e. The Morgan fingerprint density at radius 2 is 1.81 bits per heavy atom. The molecule has 0 N–H and O–H groups in total. The predicted octanol–water partition coefficient (Wildman–Crippen LogP) is 3.50. The molecule has 0 atom stereocenters. The van der Waals surface area contributed by atoms with E-state index in [1.807, 2.05) is 60.3 Å². The number of hydrogen-bond donors (Lipinski definition) is 0. The van der Waals surface area contributed by atoms with Crippen molar-refractivity contribution in [3.8, 4) is 0 Å². The van der Waals surface area contributed by atoms with Crippen molar-refractivity contribution in [1.82, 2.24) is 14.4 Å². The third kappa shape index (κ3) is 6.11. The molecule has 0 unspecified atom stereocenters. The van der Waals surface area contributed by atoms with Crippen molar-refractivity contribution in [1.29, 1.82) is 0 Å². The zero-order valence-corrected chi connectivity index (χ0v) is 19.0. The van der Waals surface area contributed by atoms with E-state index in [2.05, 4.69) is 6.92 Å². The van der Waals surface area contributed by atoms with Gasteiger partial charge in [-0.1, -0.05) is 19.1 Å². The number of furan rings is 1. The Labute approximate surface area is 189 Å². The fraction of sp³-hybridized carbons (Fsp3) is 0.360. The van der Waals surface area contributed by atoms with Gasteiger partial charge in [-0.25, -0.2) is 0 Å². The highest BCUT2D eigenvalue weighted by molar-refractivity contribution is 5.96. The molecule has 170 valence electrons. The minimum Gasteiger partial charge on any atom is -0.467 e. The maximum Gasteiger partial charge on any atom is 0.254 e. The number of hydrogen-bond acceptors (Lipinski definition) is 4. The van der Waals surface area contributed by atoms with Crippen LogP contribution in [-0.2, 0) is 36.1 Å². The Morgan fingerprint density at radius 3 is 2.41 bits per heavy atom. The summed E-state index contributed by atoms with van der Waals surface area (Å²) in [4.78, 5) is 29.8. The number of methoxy groups -OCH3 is 1. The summed E-state index contributed by atoms with van der Waals surface area (Å²) in [6.07, 6.45) is 4.44. The summed E-state index contributed by atoms with van der Waals surface area (Å²) in [5.41, 5.74) is 2.72. The van der Waals surface area contributed by atoms with Crippen molar-refractivity contribution in [3.05, 3.63) is 83.6 Å². The molecule has 0 fully saturated rings. The molecule has 2 aromatic heterocycles. The quantitative estimate of drug-likeness (QED) is 0.461. The monoisotopic (exact) mass is 437 g/mol. The third-order valence-corrected chi connectivity index (χ3v) is 5.47. The summed E-state index contributed by atoms with van der Waals surface area (Å²) in [7, 11) is 3.53. The number of aryl methyl sites for hydroxylation is 2. The minimum atomic E-state index is -0.185. The van der Waals surface area contributed by atoms with Crippen molar-refractivity contribution >= 4 is 11.8 Å². The van der Waals surface area contributed by atoms with E-state index in [0.29, 0.717) is 37.6 Å². The van der Waals surface area contributed by atoms with Gasteiger partial charge >= 0.3 is 0 Å². The Balaban J connectivity index is 1.78. The van der Waals surface area contributed by atoms with E-state index < -0.39 is 0 Å². The summed E-state index contributed by atoms with van der Waals surface area (Å²) in [6.45, 7) is 3.45. The molecule has 0 saturated carbocycles. The average molecular weight is 438 g/mol. The Kier molecular flexibility index (Phi) is 8.27. The van der Waals surface area contributed by atoms with Gasteiger partial charge in [0.1, 0.15) is 12.3 Å². The number of carbonyl (C=O) groups excluding carboxylic acids is 2. The van der Waals surface area contributed by atoms with E-state index in [0.717, 1.165) is 17.7 Å². The molecule has 7 heteroatoms. The van der Waals surface area contributed by atoms with Crippen molar-refractivity contribution in [3.63, 3.8) is 0 Å². The number of aromatic nitrogens is 1. The van der Waals surface area contributed by atoms with Gasteiger partial charge in [-0.3, -0.25) is 9.59 Å². The molecule has 0 saturated heterocycles. The van der Waals surface area contributed by atoms with E-state index in [1.54, 1.807) is 29.2 Å². The van der Waals surface area contributed by atoms with Gasteiger partial charge in [-0.15, -0.1) is 0 Å². The van der Waals surface area contributed by atoms with Crippen LogP contribution in [0.25, 0.3) is 0 Å². The van der Waals surface area contributed by atoms with Crippen LogP contribution < -0.4 is 0 Å². The second-order valence-electron chi connectivity index (χ2n) is 7.71. The van der Waals surface area contributed by atoms with E-state index in [4.69, 9.17) is 9.15 Å². The highest BCUT2D eigenvalue weighted by Gasteiger charge is 2.23. The van der Waals surface area contributed by atoms with Gasteiger partial charge in [0.2, 0.25) is 5.91 Å². The lowest BCUT2D eigenvalue weighted by Crippen LogP contribution is -2.43. The van der Waals surface area contributed by atoms with Crippen LogP contribution in [0.5, 0.6) is 0 Å². The lowest BCUT2D eigenvalue weighted by Gasteiger charge is -2.27. The van der Waals surface area contributed by atoms with Crippen LogP contribution in [0.3, 0.4) is 0 Å². The minimum absolute atomic E-state index is 0.0388. The number of benzene rings is 1. The topological polar surface area (TPSA) is 67.9 Å². The molecule has 0 radical (unpaired) electrons. The third-order valence-electron chi connectivity index (χ3n) is 5.47. The number of amides is 2. The van der Waals surface area contributed by atoms with Gasteiger partial charge in [-0.05, 0) is 48.4 Å². The van der Waals surface area contributed by atoms with Gasteiger partial charge in [-0.2, -0.15) is 0 Å². The van der Waals surface area contributed by atoms with E-state index in [9.17, 15) is 9.59 Å². The Hall–Kier alpha value is -3.32. The normalized spacial score (nSPS) is 10.8. The first kappa shape index (κ1) is 23.3. The maximum atomic E-state index is 13.4. The van der Waals surface area contributed by atoms with Gasteiger partial charge < -0.3 is 23.5 Å². The fourth-order valence-electron chi connectivity index (χ4n) is 3.46. The molecule has 3 aromatic rings. The van der Waals surface area contributed by atoms with Crippen LogP contribution in [0.15, 0.2) is 65.4 Å². The standard InChI is InChI=1S/C25H31N3O4/c1-4-20-9-11-21(12-10-20)25(30)27(14-16-31-3)19-24(29)28(18-23-8-6-15-32-23)17-22-7-5-13-26(22)2/h5-13,15H,4,14,16-19H2,1-3H3. The molecule has 7 nitrogen and oxygen atoms in total. The van der Waals surface area contributed by atoms with Gasteiger partial charge in [0.15, 0.2) is 0 Å². The molecule has 0 aliphatic carbocycles. The Morgan fingerprint density at radius 1 is 1.03 bits per heavy atom. The maximum absolute atomic E-state index is 13.4. The molecule has 0 aliphatic rings. The van der Waals surface area contributed by atoms with Crippen molar-refractivity contribution in [2.45, 2.75) is 26.4 Å². The molecule has 3 rings (SSSR count). The first-order chi connectivity index (χ1) is 15.5. The van der Waals surface area contributed by atoms with E-state index >= 15 is 0 Å². The van der Waals surface area contributed by atoms with Crippen molar-refractivity contribution in [2.24, 2.45) is 7.05 Å². The zero-order chi connectivity index (χ0) is 22.9. The molecular formula is C25H31N3O4. The molecule has 0 bridgehead atoms. The van der Waals surface area contributed by atoms with Gasteiger partial charge in [0.25, 0.3) is 5.91 Å². The number of nitrogens with zero attached hydrogens (tertiary/aromatic N) is 3. The smallest absolute Gasteiger partial charge is 0.254 e. The summed E-state index contributed by atoms with van der Waals surface area (Å²) in [5.74, 6) is 0.351. The van der Waals surface area contributed by atoms with Crippen molar-refractivity contribution < 1.29 is 18.7 Å². The van der Waals surface area contributed by atoms with Crippen LogP contribution in [-0.4, -0.2) is 53.0 Å². The first-order valence-electron chi connectivity index (χ1n) is 10.8. The summed E-state index contributed by atoms with van der Waals surface area (Å²) in [6, 6.07) is 15.1. The van der Waals surface area contributed by atoms with E-state index in [-0.39, 0.29) is 18.4 Å². The molecular weight excluding hydrogens is 406 g/mol. The molecule has 0 spiro atoms. The first-order valence-corrected chi connectivity index (χ1v) is 10.8. The van der Waals surface area contributed by atoms with Gasteiger partial charge in [0.05, 0.1) is 26.0 Å². The highest BCUT2D eigenvalue weighted by atomic mass is 16.5. The number of ether oxygens (including phenoxy) is 1. The zero-order valence-electron chi connectivity index (χ0n) is 19.0. The average Bonchev–Trinajstić information content (AvgIpc) is 3.47.